The molecule has 0 bridgehead atoms. The number of ether oxygens (including phenoxy) is 6. The van der Waals surface area contributed by atoms with Crippen molar-refractivity contribution in [2.45, 2.75) is 123 Å². The summed E-state index contributed by atoms with van der Waals surface area (Å²) in [5.41, 5.74) is 6.01. The number of benzene rings is 2. The fourth-order valence-electron chi connectivity index (χ4n) is 9.13. The Morgan fingerprint density at radius 2 is 1.50 bits per heavy atom. The number of hydrogen-bond acceptors (Lipinski definition) is 15. The van der Waals surface area contributed by atoms with E-state index in [0.717, 1.165) is 73.7 Å². The number of piperidine rings is 1. The number of rotatable bonds is 32. The number of carbonyl (C=O) groups is 6. The molecule has 5 rings (SSSR count). The van der Waals surface area contributed by atoms with Crippen LogP contribution in [-0.4, -0.2) is 155 Å². The molecule has 3 aromatic rings. The lowest BCUT2D eigenvalue weighted by molar-refractivity contribution is -0.145. The third kappa shape index (κ3) is 18.6. The van der Waals surface area contributed by atoms with E-state index in [1.54, 1.807) is 10.3 Å². The zero-order chi connectivity index (χ0) is 53.2. The second-order valence-corrected chi connectivity index (χ2v) is 19.8. The summed E-state index contributed by atoms with van der Waals surface area (Å²) in [6, 6.07) is 14.5. The van der Waals surface area contributed by atoms with Crippen LogP contribution in [-0.2, 0) is 42.8 Å². The zero-order valence-electron chi connectivity index (χ0n) is 44.1. The number of esters is 1. The Labute approximate surface area is 440 Å². The van der Waals surface area contributed by atoms with Gasteiger partial charge in [0.1, 0.15) is 25.9 Å². The van der Waals surface area contributed by atoms with Crippen LogP contribution in [0.15, 0.2) is 59.4 Å². The first-order chi connectivity index (χ1) is 35.8. The predicted molar refractivity (Wildman–Crippen MR) is 280 cm³/mol. The number of nitrogens with zero attached hydrogens (tertiary/aromatic N) is 3. The van der Waals surface area contributed by atoms with Crippen molar-refractivity contribution in [2.75, 3.05) is 79.6 Å². The van der Waals surface area contributed by atoms with Gasteiger partial charge in [-0.3, -0.25) is 19.3 Å². The van der Waals surface area contributed by atoms with Crippen LogP contribution in [0, 0.1) is 11.8 Å². The summed E-state index contributed by atoms with van der Waals surface area (Å²) in [4.78, 5) is 87.7. The van der Waals surface area contributed by atoms with Gasteiger partial charge in [-0.1, -0.05) is 115 Å². The predicted octanol–water partition coefficient (Wildman–Crippen LogP) is 6.85. The molecule has 0 saturated carbocycles. The second-order valence-electron chi connectivity index (χ2n) is 19.1. The largest absolute Gasteiger partial charge is 0.449 e. The van der Waals surface area contributed by atoms with E-state index in [4.69, 9.17) is 28.4 Å². The molecule has 20 heteroatoms. The molecule has 1 aromatic heterocycles. The van der Waals surface area contributed by atoms with Crippen molar-refractivity contribution >= 4 is 47.2 Å². The van der Waals surface area contributed by atoms with Crippen molar-refractivity contribution in [3.63, 3.8) is 0 Å². The Balaban J connectivity index is 1.01. The van der Waals surface area contributed by atoms with Gasteiger partial charge in [0.15, 0.2) is 5.69 Å². The summed E-state index contributed by atoms with van der Waals surface area (Å²) < 4.78 is 33.6. The van der Waals surface area contributed by atoms with Crippen molar-refractivity contribution in [1.29, 1.82) is 0 Å². The smallest absolute Gasteiger partial charge is 0.410 e. The number of likely N-dealkylation sites (N-methyl/N-ethyl adjacent to an activating group) is 1. The number of likely N-dealkylation sites (tertiary alicyclic amines) is 1. The van der Waals surface area contributed by atoms with E-state index in [2.05, 4.69) is 45.3 Å². The fraction of sp³-hybridized carbons (Fsp3) is 0.611. The number of amides is 5. The summed E-state index contributed by atoms with van der Waals surface area (Å²) in [7, 11) is 1.94. The topological polar surface area (TPSA) is 225 Å². The van der Waals surface area contributed by atoms with Crippen molar-refractivity contribution in [2.24, 2.45) is 11.8 Å². The van der Waals surface area contributed by atoms with Crippen molar-refractivity contribution in [1.82, 2.24) is 36.1 Å². The molecule has 0 radical (unpaired) electrons. The van der Waals surface area contributed by atoms with Crippen LogP contribution >= 0.6 is 11.3 Å². The molecule has 5 amide bonds. The second kappa shape index (κ2) is 31.9. The van der Waals surface area contributed by atoms with E-state index in [-0.39, 0.29) is 107 Å². The van der Waals surface area contributed by atoms with Crippen LogP contribution in [0.25, 0.3) is 11.1 Å². The van der Waals surface area contributed by atoms with Crippen molar-refractivity contribution in [3.05, 3.63) is 76.2 Å². The number of unbranched alkanes of at least 4 members (excludes halogenated alkanes) is 3. The van der Waals surface area contributed by atoms with Crippen LogP contribution < -0.4 is 21.3 Å². The molecular formula is C54H79N7O12S. The average molecular weight is 1050 g/mol. The molecule has 2 heterocycles. The van der Waals surface area contributed by atoms with Crippen LogP contribution in [0.4, 0.5) is 9.59 Å². The van der Waals surface area contributed by atoms with Gasteiger partial charge in [-0.2, -0.15) is 0 Å². The van der Waals surface area contributed by atoms with Crippen LogP contribution in [0.5, 0.6) is 0 Å². The minimum atomic E-state index is -1.38. The first-order valence-corrected chi connectivity index (χ1v) is 27.2. The summed E-state index contributed by atoms with van der Waals surface area (Å²) in [5, 5.41) is 12.4. The first kappa shape index (κ1) is 59.2. The molecule has 1 saturated heterocycles. The van der Waals surface area contributed by atoms with Gasteiger partial charge >= 0.3 is 18.2 Å². The number of thiazole rings is 1. The van der Waals surface area contributed by atoms with Crippen LogP contribution in [0.1, 0.15) is 120 Å². The SMILES string of the molecule is CCCCCCN(C(=O)[C@@H](NC(=O)[C@H]1CCCCN1C)[C@@H](C)CC)[C@H](C[C@@H](OC(=O)NCCOCCOCCOCNC(=O)CNC(=O)OCC1c2ccccc2-c2ccccc21)OC(=O)c1cscn1)C(C)C. The molecule has 1 fully saturated rings. The van der Waals surface area contributed by atoms with E-state index in [1.165, 1.54) is 16.8 Å². The number of carbonyl (C=O) groups excluding carboxylic acids is 6. The number of hydrogen-bond donors (Lipinski definition) is 4. The standard InChI is InChI=1S/C54H79N7O12S/c1-7-9-10-16-25-61(51(64)49(38(5)8-2)59-50(63)45-22-15-17-24-60(45)6)46(37(3)4)31-48(72-52(65)44-34-74-36-58-44)73-54(67)55-23-26-68-27-28-69-29-30-70-35-57-47(62)32-56-53(66)71-33-43-41-20-13-11-18-39(41)40-19-12-14-21-42(40)43/h11-14,18-21,34,36-38,43,45-46,48-49H,7-10,15-17,22-33,35H2,1-6H3,(H,55,67)(H,56,66)(H,57,62)(H,59,63)/t38-,45+,46+,48+,49-/m0/s1. The summed E-state index contributed by atoms with van der Waals surface area (Å²) in [6.07, 6.45) is 4.06. The van der Waals surface area contributed by atoms with Gasteiger partial charge < -0.3 is 54.6 Å². The Morgan fingerprint density at radius 1 is 0.811 bits per heavy atom. The molecule has 74 heavy (non-hydrogen) atoms. The molecule has 4 N–H and O–H groups in total. The summed E-state index contributed by atoms with van der Waals surface area (Å²) in [6.45, 7) is 12.1. The molecule has 2 aliphatic rings. The number of alkyl carbamates (subject to hydrolysis) is 2. The lowest BCUT2D eigenvalue weighted by Crippen LogP contribution is -2.59. The number of nitrogens with one attached hydrogen (secondary N) is 4. The third-order valence-corrected chi connectivity index (χ3v) is 14.1. The highest BCUT2D eigenvalue weighted by atomic mass is 32.1. The minimum Gasteiger partial charge on any atom is -0.449 e. The van der Waals surface area contributed by atoms with Gasteiger partial charge in [-0.25, -0.2) is 19.4 Å². The molecule has 5 atom stereocenters. The number of fused-ring (bicyclic) bond motifs is 3. The zero-order valence-corrected chi connectivity index (χ0v) is 44.9. The Morgan fingerprint density at radius 3 is 2.15 bits per heavy atom. The first-order valence-electron chi connectivity index (χ1n) is 26.3. The molecule has 2 aromatic carbocycles. The minimum absolute atomic E-state index is 0.0161. The van der Waals surface area contributed by atoms with E-state index in [1.807, 2.05) is 76.0 Å². The lowest BCUT2D eigenvalue weighted by Gasteiger charge is -2.40. The molecular weight excluding hydrogens is 971 g/mol. The normalized spacial score (nSPS) is 16.0. The molecule has 0 unspecified atom stereocenters. The van der Waals surface area contributed by atoms with Crippen LogP contribution in [0.3, 0.4) is 0 Å². The summed E-state index contributed by atoms with van der Waals surface area (Å²) in [5.74, 6) is -1.99. The number of aromatic nitrogens is 1. The Hall–Kier alpha value is -5.67. The van der Waals surface area contributed by atoms with Gasteiger partial charge in [0.2, 0.25) is 17.7 Å². The molecule has 1 aliphatic heterocycles. The molecule has 408 valence electrons. The fourth-order valence-corrected chi connectivity index (χ4v) is 9.65. The van der Waals surface area contributed by atoms with E-state index in [0.29, 0.717) is 13.0 Å². The van der Waals surface area contributed by atoms with Gasteiger partial charge in [0, 0.05) is 36.9 Å². The van der Waals surface area contributed by atoms with Crippen molar-refractivity contribution < 1.29 is 57.2 Å². The van der Waals surface area contributed by atoms with Crippen molar-refractivity contribution in [3.8, 4) is 11.1 Å². The van der Waals surface area contributed by atoms with Gasteiger partial charge in [0.25, 0.3) is 6.29 Å². The van der Waals surface area contributed by atoms with E-state index >= 15 is 0 Å². The lowest BCUT2D eigenvalue weighted by atomic mass is 9.92. The van der Waals surface area contributed by atoms with Crippen LogP contribution in [0.2, 0.25) is 0 Å². The highest BCUT2D eigenvalue weighted by Gasteiger charge is 2.39. The maximum absolute atomic E-state index is 14.8. The average Bonchev–Trinajstić information content (AvgIpc) is 4.06. The highest BCUT2D eigenvalue weighted by molar-refractivity contribution is 7.07. The van der Waals surface area contributed by atoms with E-state index in [9.17, 15) is 28.8 Å². The maximum Gasteiger partial charge on any atom is 0.410 e. The molecule has 19 nitrogen and oxygen atoms in total. The molecule has 1 aliphatic carbocycles. The van der Waals surface area contributed by atoms with Gasteiger partial charge in [-0.05, 0) is 66.9 Å². The maximum atomic E-state index is 14.8. The quantitative estimate of drug-likeness (QED) is 0.0285. The van der Waals surface area contributed by atoms with Gasteiger partial charge in [0.05, 0.1) is 44.6 Å². The third-order valence-electron chi connectivity index (χ3n) is 13.5. The van der Waals surface area contributed by atoms with E-state index < -0.39 is 42.4 Å². The summed E-state index contributed by atoms with van der Waals surface area (Å²) >= 11 is 1.22. The highest BCUT2D eigenvalue weighted by Crippen LogP contribution is 2.44. The molecule has 0 spiro atoms. The van der Waals surface area contributed by atoms with Gasteiger partial charge in [-0.15, -0.1) is 11.3 Å². The Kier molecular flexibility index (Phi) is 25.5. The monoisotopic (exact) mass is 1050 g/mol. The Bertz CT molecular complexity index is 2170.